The molecule has 0 aliphatic heterocycles. The highest BCUT2D eigenvalue weighted by molar-refractivity contribution is 5.95. The molecule has 3 rings (SSSR count). The van der Waals surface area contributed by atoms with Gasteiger partial charge in [0, 0.05) is 11.6 Å². The first-order valence-corrected chi connectivity index (χ1v) is 8.50. The van der Waals surface area contributed by atoms with Crippen molar-refractivity contribution in [2.75, 3.05) is 11.9 Å². The average molecular weight is 364 g/mol. The van der Waals surface area contributed by atoms with Crippen molar-refractivity contribution in [1.29, 1.82) is 0 Å². The van der Waals surface area contributed by atoms with Gasteiger partial charge in [-0.1, -0.05) is 52.2 Å². The van der Waals surface area contributed by atoms with Gasteiger partial charge in [0.2, 0.25) is 5.88 Å². The standard InChI is InChI=1S/C21H20N2O4/c1-13-4-6-16(7-5-13)18-11-20(27-23-18)22-19(24)12-26-21(25)17-9-14(2)8-15(3)10-17/h4-11H,12H2,1-3H3,(H,22,24). The summed E-state index contributed by atoms with van der Waals surface area (Å²) in [6.45, 7) is 5.38. The molecule has 0 radical (unpaired) electrons. The molecule has 6 nitrogen and oxygen atoms in total. The molecule has 1 heterocycles. The van der Waals surface area contributed by atoms with Gasteiger partial charge in [-0.05, 0) is 32.9 Å². The Balaban J connectivity index is 1.56. The number of rotatable bonds is 5. The number of aromatic nitrogens is 1. The van der Waals surface area contributed by atoms with Gasteiger partial charge in [0.1, 0.15) is 5.69 Å². The second-order valence-corrected chi connectivity index (χ2v) is 6.44. The minimum absolute atomic E-state index is 0.193. The lowest BCUT2D eigenvalue weighted by Crippen LogP contribution is -2.20. The molecule has 1 N–H and O–H groups in total. The number of aryl methyl sites for hydroxylation is 3. The van der Waals surface area contributed by atoms with Crippen LogP contribution in [0.5, 0.6) is 0 Å². The van der Waals surface area contributed by atoms with Crippen molar-refractivity contribution < 1.29 is 18.8 Å². The third kappa shape index (κ3) is 4.82. The molecule has 6 heteroatoms. The maximum absolute atomic E-state index is 12.1. The highest BCUT2D eigenvalue weighted by Gasteiger charge is 2.13. The van der Waals surface area contributed by atoms with Crippen molar-refractivity contribution in [2.45, 2.75) is 20.8 Å². The molecular weight excluding hydrogens is 344 g/mol. The van der Waals surface area contributed by atoms with E-state index >= 15 is 0 Å². The molecule has 27 heavy (non-hydrogen) atoms. The molecular formula is C21H20N2O4. The van der Waals surface area contributed by atoms with Crippen LogP contribution in [0.4, 0.5) is 5.88 Å². The Hall–Kier alpha value is -3.41. The maximum Gasteiger partial charge on any atom is 0.338 e. The summed E-state index contributed by atoms with van der Waals surface area (Å²) in [6.07, 6.45) is 0. The number of carbonyl (C=O) groups is 2. The number of nitrogens with zero attached hydrogens (tertiary/aromatic N) is 1. The van der Waals surface area contributed by atoms with Crippen LogP contribution in [0.3, 0.4) is 0 Å². The quantitative estimate of drug-likeness (QED) is 0.691. The zero-order valence-electron chi connectivity index (χ0n) is 15.4. The van der Waals surface area contributed by atoms with Gasteiger partial charge in [-0.3, -0.25) is 10.1 Å². The molecule has 138 valence electrons. The van der Waals surface area contributed by atoms with Crippen molar-refractivity contribution in [2.24, 2.45) is 0 Å². The number of nitrogens with one attached hydrogen (secondary N) is 1. The topological polar surface area (TPSA) is 81.4 Å². The SMILES string of the molecule is Cc1ccc(-c2cc(NC(=O)COC(=O)c3cc(C)cc(C)c3)on2)cc1. The Labute approximate surface area is 157 Å². The van der Waals surface area contributed by atoms with E-state index in [1.54, 1.807) is 18.2 Å². The number of ether oxygens (including phenoxy) is 1. The fraction of sp³-hybridized carbons (Fsp3) is 0.190. The zero-order valence-corrected chi connectivity index (χ0v) is 15.4. The number of anilines is 1. The lowest BCUT2D eigenvalue weighted by Gasteiger charge is -2.06. The van der Waals surface area contributed by atoms with Gasteiger partial charge in [0.25, 0.3) is 5.91 Å². The predicted molar refractivity (Wildman–Crippen MR) is 102 cm³/mol. The van der Waals surface area contributed by atoms with E-state index in [4.69, 9.17) is 9.26 Å². The van der Waals surface area contributed by atoms with Crippen LogP contribution in [-0.2, 0) is 9.53 Å². The van der Waals surface area contributed by atoms with Crippen molar-refractivity contribution in [1.82, 2.24) is 5.16 Å². The third-order valence-corrected chi connectivity index (χ3v) is 3.91. The van der Waals surface area contributed by atoms with Crippen molar-refractivity contribution in [3.05, 3.63) is 70.8 Å². The molecule has 3 aromatic rings. The second kappa shape index (κ2) is 7.86. The highest BCUT2D eigenvalue weighted by atomic mass is 16.5. The first-order chi connectivity index (χ1) is 12.9. The Morgan fingerprint density at radius 1 is 0.963 bits per heavy atom. The average Bonchev–Trinajstić information content (AvgIpc) is 3.08. The van der Waals surface area contributed by atoms with E-state index in [0.29, 0.717) is 11.3 Å². The fourth-order valence-electron chi connectivity index (χ4n) is 2.67. The minimum Gasteiger partial charge on any atom is -0.452 e. The van der Waals surface area contributed by atoms with Gasteiger partial charge in [-0.2, -0.15) is 0 Å². The Morgan fingerprint density at radius 3 is 2.30 bits per heavy atom. The van der Waals surface area contributed by atoms with Crippen LogP contribution in [0.25, 0.3) is 11.3 Å². The first kappa shape index (κ1) is 18.4. The van der Waals surface area contributed by atoms with E-state index in [-0.39, 0.29) is 5.88 Å². The Kier molecular flexibility index (Phi) is 5.35. The molecule has 0 saturated heterocycles. The number of amides is 1. The van der Waals surface area contributed by atoms with Crippen LogP contribution < -0.4 is 5.32 Å². The van der Waals surface area contributed by atoms with Crippen LogP contribution in [0.15, 0.2) is 53.1 Å². The second-order valence-electron chi connectivity index (χ2n) is 6.44. The predicted octanol–water partition coefficient (Wildman–Crippen LogP) is 4.06. The molecule has 1 aromatic heterocycles. The molecule has 0 spiro atoms. The van der Waals surface area contributed by atoms with Gasteiger partial charge in [-0.15, -0.1) is 0 Å². The summed E-state index contributed by atoms with van der Waals surface area (Å²) >= 11 is 0. The largest absolute Gasteiger partial charge is 0.452 e. The van der Waals surface area contributed by atoms with Crippen LogP contribution in [0, 0.1) is 20.8 Å². The molecule has 0 aliphatic carbocycles. The number of hydrogen-bond donors (Lipinski definition) is 1. The molecule has 1 amide bonds. The zero-order chi connectivity index (χ0) is 19.4. The fourth-order valence-corrected chi connectivity index (χ4v) is 2.67. The third-order valence-electron chi connectivity index (χ3n) is 3.91. The van der Waals surface area contributed by atoms with Gasteiger partial charge in [0.15, 0.2) is 6.61 Å². The van der Waals surface area contributed by atoms with Crippen LogP contribution in [0.1, 0.15) is 27.0 Å². The van der Waals surface area contributed by atoms with Crippen LogP contribution in [-0.4, -0.2) is 23.6 Å². The number of carbonyl (C=O) groups excluding carboxylic acids is 2. The summed E-state index contributed by atoms with van der Waals surface area (Å²) < 4.78 is 10.2. The smallest absolute Gasteiger partial charge is 0.338 e. The van der Waals surface area contributed by atoms with E-state index in [0.717, 1.165) is 22.3 Å². The minimum atomic E-state index is -0.546. The van der Waals surface area contributed by atoms with Crippen LogP contribution >= 0.6 is 0 Å². The van der Waals surface area contributed by atoms with Gasteiger partial charge >= 0.3 is 5.97 Å². The molecule has 0 atom stereocenters. The monoisotopic (exact) mass is 364 g/mol. The van der Waals surface area contributed by atoms with Gasteiger partial charge in [0.05, 0.1) is 5.56 Å². The summed E-state index contributed by atoms with van der Waals surface area (Å²) in [4.78, 5) is 24.1. The lowest BCUT2D eigenvalue weighted by atomic mass is 10.1. The number of benzene rings is 2. The van der Waals surface area contributed by atoms with E-state index in [9.17, 15) is 9.59 Å². The van der Waals surface area contributed by atoms with Crippen molar-refractivity contribution >= 4 is 17.8 Å². The maximum atomic E-state index is 12.1. The van der Waals surface area contributed by atoms with Gasteiger partial charge in [-0.25, -0.2) is 4.79 Å². The summed E-state index contributed by atoms with van der Waals surface area (Å²) in [6, 6.07) is 14.8. The van der Waals surface area contributed by atoms with E-state index in [2.05, 4.69) is 10.5 Å². The summed E-state index contributed by atoms with van der Waals surface area (Å²) in [5.41, 5.74) is 4.96. The lowest BCUT2D eigenvalue weighted by molar-refractivity contribution is -0.119. The van der Waals surface area contributed by atoms with E-state index < -0.39 is 18.5 Å². The molecule has 0 unspecified atom stereocenters. The summed E-state index contributed by atoms with van der Waals surface area (Å²) in [5.74, 6) is -0.854. The molecule has 0 aliphatic rings. The molecule has 0 bridgehead atoms. The first-order valence-electron chi connectivity index (χ1n) is 8.50. The van der Waals surface area contributed by atoms with Gasteiger partial charge < -0.3 is 9.26 Å². The van der Waals surface area contributed by atoms with E-state index in [1.165, 1.54) is 0 Å². The number of hydrogen-bond acceptors (Lipinski definition) is 5. The number of esters is 1. The Morgan fingerprint density at radius 2 is 1.63 bits per heavy atom. The molecule has 2 aromatic carbocycles. The highest BCUT2D eigenvalue weighted by Crippen LogP contribution is 2.22. The molecule has 0 fully saturated rings. The van der Waals surface area contributed by atoms with Crippen LogP contribution in [0.2, 0.25) is 0 Å². The normalized spacial score (nSPS) is 10.5. The van der Waals surface area contributed by atoms with Crippen molar-refractivity contribution in [3.63, 3.8) is 0 Å². The van der Waals surface area contributed by atoms with E-state index in [1.807, 2.05) is 51.1 Å². The summed E-state index contributed by atoms with van der Waals surface area (Å²) in [7, 11) is 0. The summed E-state index contributed by atoms with van der Waals surface area (Å²) in [5, 5.41) is 6.46. The Bertz CT molecular complexity index is 954. The molecule has 0 saturated carbocycles. The van der Waals surface area contributed by atoms with Crippen molar-refractivity contribution in [3.8, 4) is 11.3 Å².